The van der Waals surface area contributed by atoms with Crippen molar-refractivity contribution in [2.75, 3.05) is 5.32 Å². The summed E-state index contributed by atoms with van der Waals surface area (Å²) >= 11 is 1.26. The summed E-state index contributed by atoms with van der Waals surface area (Å²) in [6.45, 7) is 8.07. The number of H-pyrrole nitrogens is 1. The van der Waals surface area contributed by atoms with Crippen LogP contribution in [0.2, 0.25) is 0 Å². The molecule has 0 radical (unpaired) electrons. The molecule has 1 aromatic carbocycles. The lowest BCUT2D eigenvalue weighted by molar-refractivity contribution is -0.118. The van der Waals surface area contributed by atoms with Crippen molar-refractivity contribution in [3.63, 3.8) is 0 Å². The molecule has 1 aromatic heterocycles. The van der Waals surface area contributed by atoms with Gasteiger partial charge in [0.05, 0.1) is 5.25 Å². The van der Waals surface area contributed by atoms with E-state index in [-0.39, 0.29) is 23.3 Å². The third-order valence-corrected chi connectivity index (χ3v) is 5.16. The number of carbonyl (C=O) groups excluding carboxylic acids is 2. The number of hydrogen-bond donors (Lipinski definition) is 2. The fourth-order valence-electron chi connectivity index (χ4n) is 2.36. The first-order chi connectivity index (χ1) is 12.8. The van der Waals surface area contributed by atoms with E-state index in [2.05, 4.69) is 22.4 Å². The fourth-order valence-corrected chi connectivity index (χ4v) is 3.32. The van der Waals surface area contributed by atoms with Gasteiger partial charge in [-0.15, -0.1) is 5.10 Å². The molecule has 0 aliphatic carbocycles. The van der Waals surface area contributed by atoms with Gasteiger partial charge in [-0.1, -0.05) is 39.0 Å². The molecular weight excluding hydrogens is 364 g/mol. The van der Waals surface area contributed by atoms with Crippen LogP contribution < -0.4 is 11.0 Å². The van der Waals surface area contributed by atoms with Crippen LogP contribution in [0.4, 0.5) is 5.69 Å². The molecule has 7 nitrogen and oxygen atoms in total. The summed E-state index contributed by atoms with van der Waals surface area (Å²) < 4.78 is 1.57. The first-order valence-corrected chi connectivity index (χ1v) is 9.98. The second-order valence-corrected chi connectivity index (χ2v) is 7.97. The summed E-state index contributed by atoms with van der Waals surface area (Å²) in [7, 11) is 0. The second-order valence-electron chi connectivity index (χ2n) is 6.66. The van der Waals surface area contributed by atoms with E-state index in [0.717, 1.165) is 12.8 Å². The lowest BCUT2D eigenvalue weighted by Gasteiger charge is -2.12. The average Bonchev–Trinajstić information content (AvgIpc) is 2.99. The maximum Gasteiger partial charge on any atom is 0.343 e. The number of hydrogen-bond acceptors (Lipinski definition) is 5. The highest BCUT2D eigenvalue weighted by atomic mass is 32.2. The maximum absolute atomic E-state index is 12.7. The van der Waals surface area contributed by atoms with Gasteiger partial charge in [-0.05, 0) is 37.6 Å². The SMILES string of the molecule is CCCCn1c(SC(C)C(=O)c2ccc(NC(=O)C(C)C)cc2)n[nH]c1=O. The van der Waals surface area contributed by atoms with Gasteiger partial charge in [0.15, 0.2) is 10.9 Å². The number of unbranched alkanes of at least 4 members (excludes halogenated alkanes) is 1. The number of benzene rings is 1. The number of thioether (sulfide) groups is 1. The molecule has 8 heteroatoms. The predicted octanol–water partition coefficient (Wildman–Crippen LogP) is 3.33. The van der Waals surface area contributed by atoms with Crippen LogP contribution in [0, 0.1) is 5.92 Å². The number of aromatic amines is 1. The molecule has 0 bridgehead atoms. The standard InChI is InChI=1S/C19H26N4O3S/c1-5-6-11-23-18(26)21-22-19(23)27-13(4)16(24)14-7-9-15(10-8-14)20-17(25)12(2)3/h7-10,12-13H,5-6,11H2,1-4H3,(H,20,25)(H,21,26). The smallest absolute Gasteiger partial charge is 0.326 e. The van der Waals surface area contributed by atoms with Crippen molar-refractivity contribution < 1.29 is 9.59 Å². The fraction of sp³-hybridized carbons (Fsp3) is 0.474. The van der Waals surface area contributed by atoms with Crippen LogP contribution in [0.1, 0.15) is 50.9 Å². The maximum atomic E-state index is 12.7. The van der Waals surface area contributed by atoms with E-state index in [9.17, 15) is 14.4 Å². The molecular formula is C19H26N4O3S. The van der Waals surface area contributed by atoms with Crippen molar-refractivity contribution in [1.29, 1.82) is 0 Å². The lowest BCUT2D eigenvalue weighted by atomic mass is 10.1. The Kier molecular flexibility index (Phi) is 7.41. The Morgan fingerprint density at radius 2 is 1.89 bits per heavy atom. The number of rotatable bonds is 9. The van der Waals surface area contributed by atoms with Crippen LogP contribution in [-0.4, -0.2) is 31.7 Å². The Balaban J connectivity index is 2.05. The summed E-state index contributed by atoms with van der Waals surface area (Å²) in [6.07, 6.45) is 1.84. The van der Waals surface area contributed by atoms with Gasteiger partial charge in [0.25, 0.3) is 0 Å². The zero-order chi connectivity index (χ0) is 20.0. The van der Waals surface area contributed by atoms with Crippen LogP contribution in [0.25, 0.3) is 0 Å². The quantitative estimate of drug-likeness (QED) is 0.506. The van der Waals surface area contributed by atoms with Gasteiger partial charge >= 0.3 is 5.69 Å². The third kappa shape index (κ3) is 5.56. The molecule has 1 heterocycles. The number of amides is 1. The van der Waals surface area contributed by atoms with Gasteiger partial charge in [-0.3, -0.25) is 14.2 Å². The number of nitrogens with zero attached hydrogens (tertiary/aromatic N) is 2. The monoisotopic (exact) mass is 390 g/mol. The van der Waals surface area contributed by atoms with Crippen molar-refractivity contribution in [2.24, 2.45) is 5.92 Å². The van der Waals surface area contributed by atoms with E-state index >= 15 is 0 Å². The molecule has 27 heavy (non-hydrogen) atoms. The van der Waals surface area contributed by atoms with Gasteiger partial charge in [0.1, 0.15) is 0 Å². The molecule has 0 aliphatic rings. The van der Waals surface area contributed by atoms with Crippen LogP contribution >= 0.6 is 11.8 Å². The summed E-state index contributed by atoms with van der Waals surface area (Å²) in [5.74, 6) is -0.234. The molecule has 0 spiro atoms. The Hall–Kier alpha value is -2.35. The number of ketones is 1. The number of Topliss-reactive ketones (excluding diaryl/α,β-unsaturated/α-hetero) is 1. The van der Waals surface area contributed by atoms with Gasteiger partial charge in [0.2, 0.25) is 5.91 Å². The van der Waals surface area contributed by atoms with E-state index in [0.29, 0.717) is 23.0 Å². The van der Waals surface area contributed by atoms with Crippen LogP contribution in [-0.2, 0) is 11.3 Å². The summed E-state index contributed by atoms with van der Waals surface area (Å²) in [5, 5.41) is 9.42. The van der Waals surface area contributed by atoms with Crippen molar-refractivity contribution in [1.82, 2.24) is 14.8 Å². The summed E-state index contributed by atoms with van der Waals surface area (Å²) in [6, 6.07) is 6.83. The number of anilines is 1. The van der Waals surface area contributed by atoms with Crippen molar-refractivity contribution in [2.45, 2.75) is 57.5 Å². The largest absolute Gasteiger partial charge is 0.343 e. The van der Waals surface area contributed by atoms with E-state index in [1.54, 1.807) is 35.8 Å². The molecule has 1 amide bonds. The highest BCUT2D eigenvalue weighted by molar-refractivity contribution is 8.00. The Bertz CT molecular complexity index is 839. The van der Waals surface area contributed by atoms with E-state index < -0.39 is 5.25 Å². The lowest BCUT2D eigenvalue weighted by Crippen LogP contribution is -2.20. The average molecular weight is 391 g/mol. The summed E-state index contributed by atoms with van der Waals surface area (Å²) in [4.78, 5) is 36.3. The van der Waals surface area contributed by atoms with Gasteiger partial charge in [0, 0.05) is 23.7 Å². The van der Waals surface area contributed by atoms with E-state index in [1.165, 1.54) is 11.8 Å². The molecule has 0 saturated heterocycles. The number of nitrogens with one attached hydrogen (secondary N) is 2. The van der Waals surface area contributed by atoms with Gasteiger partial charge in [-0.2, -0.15) is 0 Å². The Morgan fingerprint density at radius 1 is 1.22 bits per heavy atom. The zero-order valence-corrected chi connectivity index (χ0v) is 16.9. The molecule has 0 saturated carbocycles. The minimum atomic E-state index is -0.392. The molecule has 2 rings (SSSR count). The third-order valence-electron chi connectivity index (χ3n) is 4.07. The topological polar surface area (TPSA) is 96.8 Å². The minimum Gasteiger partial charge on any atom is -0.326 e. The number of carbonyl (C=O) groups is 2. The predicted molar refractivity (Wildman–Crippen MR) is 107 cm³/mol. The van der Waals surface area contributed by atoms with Crippen molar-refractivity contribution in [3.05, 3.63) is 40.3 Å². The second kappa shape index (κ2) is 9.55. The van der Waals surface area contributed by atoms with Crippen molar-refractivity contribution >= 4 is 29.1 Å². The Morgan fingerprint density at radius 3 is 2.48 bits per heavy atom. The molecule has 1 atom stereocenters. The first kappa shape index (κ1) is 21.0. The van der Waals surface area contributed by atoms with Gasteiger partial charge in [-0.25, -0.2) is 9.89 Å². The normalized spacial score (nSPS) is 12.2. The molecule has 0 fully saturated rings. The highest BCUT2D eigenvalue weighted by Gasteiger charge is 2.20. The van der Waals surface area contributed by atoms with Gasteiger partial charge < -0.3 is 5.32 Å². The first-order valence-electron chi connectivity index (χ1n) is 9.10. The highest BCUT2D eigenvalue weighted by Crippen LogP contribution is 2.24. The van der Waals surface area contributed by atoms with E-state index in [1.807, 2.05) is 13.8 Å². The van der Waals surface area contributed by atoms with E-state index in [4.69, 9.17) is 0 Å². The van der Waals surface area contributed by atoms with Crippen LogP contribution in [0.3, 0.4) is 0 Å². The molecule has 2 N–H and O–H groups in total. The molecule has 1 unspecified atom stereocenters. The molecule has 0 aliphatic heterocycles. The minimum absolute atomic E-state index is 0.0563. The number of aromatic nitrogens is 3. The molecule has 146 valence electrons. The Labute approximate surface area is 162 Å². The van der Waals surface area contributed by atoms with Crippen LogP contribution in [0.5, 0.6) is 0 Å². The zero-order valence-electron chi connectivity index (χ0n) is 16.1. The van der Waals surface area contributed by atoms with Crippen LogP contribution in [0.15, 0.2) is 34.2 Å². The summed E-state index contributed by atoms with van der Waals surface area (Å²) in [5.41, 5.74) is 0.956. The molecule has 2 aromatic rings. The van der Waals surface area contributed by atoms with Crippen molar-refractivity contribution in [3.8, 4) is 0 Å².